The van der Waals surface area contributed by atoms with E-state index in [9.17, 15) is 0 Å². The topological polar surface area (TPSA) is 29.3 Å². The van der Waals surface area contributed by atoms with Crippen molar-refractivity contribution in [3.63, 3.8) is 0 Å². The highest BCUT2D eigenvalue weighted by Crippen LogP contribution is 2.23. The fourth-order valence-electron chi connectivity index (χ4n) is 2.23. The molecule has 1 atom stereocenters. The van der Waals surface area contributed by atoms with E-state index in [1.807, 2.05) is 6.07 Å². The van der Waals surface area contributed by atoms with Gasteiger partial charge in [-0.2, -0.15) is 0 Å². The van der Waals surface area contributed by atoms with Crippen molar-refractivity contribution in [3.8, 4) is 0 Å². The Morgan fingerprint density at radius 3 is 2.93 bits per heavy atom. The van der Waals surface area contributed by atoms with Gasteiger partial charge < -0.3 is 5.73 Å². The molecule has 1 aromatic rings. The summed E-state index contributed by atoms with van der Waals surface area (Å²) in [5.41, 5.74) is 9.60. The van der Waals surface area contributed by atoms with Crippen LogP contribution in [0.5, 0.6) is 0 Å². The maximum atomic E-state index is 5.82. The average Bonchev–Trinajstić information content (AvgIpc) is 2.27. The molecule has 1 heterocycles. The molecular weight excluding hydrogens is 184 g/mol. The molecule has 0 amide bonds. The fourth-order valence-corrected chi connectivity index (χ4v) is 2.23. The Bertz CT molecular complexity index is 346. The van der Waals surface area contributed by atoms with Crippen molar-refractivity contribution in [3.05, 3.63) is 29.3 Å². The number of fused-ring (bicyclic) bond motifs is 1. The lowest BCUT2D eigenvalue weighted by Crippen LogP contribution is -2.37. The number of hydrogen-bond acceptors (Lipinski definition) is 2. The largest absolute Gasteiger partial charge is 0.399 e. The van der Waals surface area contributed by atoms with Gasteiger partial charge in [-0.3, -0.25) is 4.90 Å². The zero-order valence-electron chi connectivity index (χ0n) is 9.66. The SMILES string of the molecule is CCC(C)N1CCc2ccc(N)cc2C1. The van der Waals surface area contributed by atoms with E-state index in [4.69, 9.17) is 5.73 Å². The lowest BCUT2D eigenvalue weighted by molar-refractivity contribution is 0.186. The molecule has 15 heavy (non-hydrogen) atoms. The highest BCUT2D eigenvalue weighted by atomic mass is 15.1. The summed E-state index contributed by atoms with van der Waals surface area (Å²) in [5, 5.41) is 0. The van der Waals surface area contributed by atoms with Crippen LogP contribution in [0, 0.1) is 0 Å². The first kappa shape index (κ1) is 10.5. The average molecular weight is 204 g/mol. The maximum Gasteiger partial charge on any atom is 0.0317 e. The van der Waals surface area contributed by atoms with Gasteiger partial charge in [-0.15, -0.1) is 0 Å². The summed E-state index contributed by atoms with van der Waals surface area (Å²) in [4.78, 5) is 2.54. The van der Waals surface area contributed by atoms with Crippen LogP contribution in [0.2, 0.25) is 0 Å². The van der Waals surface area contributed by atoms with E-state index in [2.05, 4.69) is 30.9 Å². The van der Waals surface area contributed by atoms with E-state index in [1.165, 1.54) is 30.5 Å². The molecule has 2 N–H and O–H groups in total. The predicted molar refractivity (Wildman–Crippen MR) is 64.7 cm³/mol. The monoisotopic (exact) mass is 204 g/mol. The normalized spacial score (nSPS) is 18.5. The zero-order chi connectivity index (χ0) is 10.8. The van der Waals surface area contributed by atoms with Gasteiger partial charge in [0.25, 0.3) is 0 Å². The van der Waals surface area contributed by atoms with Crippen LogP contribution in [0.3, 0.4) is 0 Å². The molecule has 0 bridgehead atoms. The van der Waals surface area contributed by atoms with Crippen molar-refractivity contribution in [2.45, 2.75) is 39.3 Å². The molecule has 0 saturated carbocycles. The Balaban J connectivity index is 2.18. The molecule has 82 valence electrons. The van der Waals surface area contributed by atoms with Crippen LogP contribution in [-0.4, -0.2) is 17.5 Å². The minimum Gasteiger partial charge on any atom is -0.399 e. The third kappa shape index (κ3) is 2.15. The summed E-state index contributed by atoms with van der Waals surface area (Å²) < 4.78 is 0. The van der Waals surface area contributed by atoms with E-state index in [0.29, 0.717) is 6.04 Å². The first-order valence-corrected chi connectivity index (χ1v) is 5.82. The van der Waals surface area contributed by atoms with Gasteiger partial charge in [-0.25, -0.2) is 0 Å². The van der Waals surface area contributed by atoms with Gasteiger partial charge in [0.2, 0.25) is 0 Å². The summed E-state index contributed by atoms with van der Waals surface area (Å²) in [5.74, 6) is 0. The maximum absolute atomic E-state index is 5.82. The van der Waals surface area contributed by atoms with Gasteiger partial charge in [0, 0.05) is 24.8 Å². The van der Waals surface area contributed by atoms with Crippen LogP contribution in [0.4, 0.5) is 5.69 Å². The molecule has 0 radical (unpaired) electrons. The van der Waals surface area contributed by atoms with Crippen molar-refractivity contribution in [2.75, 3.05) is 12.3 Å². The van der Waals surface area contributed by atoms with Crippen molar-refractivity contribution in [2.24, 2.45) is 0 Å². The summed E-state index contributed by atoms with van der Waals surface area (Å²) in [6.07, 6.45) is 2.39. The Morgan fingerprint density at radius 2 is 2.20 bits per heavy atom. The standard InChI is InChI=1S/C13H20N2/c1-3-10(2)15-7-6-11-4-5-13(14)8-12(11)9-15/h4-5,8,10H,3,6-7,9,14H2,1-2H3. The highest BCUT2D eigenvalue weighted by molar-refractivity contribution is 5.45. The molecule has 0 spiro atoms. The highest BCUT2D eigenvalue weighted by Gasteiger charge is 2.19. The molecule has 2 nitrogen and oxygen atoms in total. The smallest absolute Gasteiger partial charge is 0.0317 e. The Hall–Kier alpha value is -1.02. The van der Waals surface area contributed by atoms with E-state index < -0.39 is 0 Å². The van der Waals surface area contributed by atoms with Gasteiger partial charge >= 0.3 is 0 Å². The minimum atomic E-state index is 0.680. The van der Waals surface area contributed by atoms with Crippen LogP contribution < -0.4 is 5.73 Å². The first-order valence-electron chi connectivity index (χ1n) is 5.82. The Morgan fingerprint density at radius 1 is 1.40 bits per heavy atom. The van der Waals surface area contributed by atoms with Crippen molar-refractivity contribution in [1.29, 1.82) is 0 Å². The van der Waals surface area contributed by atoms with Crippen LogP contribution in [0.25, 0.3) is 0 Å². The molecule has 2 heteroatoms. The number of rotatable bonds is 2. The van der Waals surface area contributed by atoms with Crippen molar-refractivity contribution >= 4 is 5.69 Å². The van der Waals surface area contributed by atoms with Gasteiger partial charge in [0.05, 0.1) is 0 Å². The quantitative estimate of drug-likeness (QED) is 0.750. The molecular formula is C13H20N2. The van der Waals surface area contributed by atoms with E-state index >= 15 is 0 Å². The third-order valence-corrected chi connectivity index (χ3v) is 3.49. The number of nitrogens with zero attached hydrogens (tertiary/aromatic N) is 1. The second kappa shape index (κ2) is 4.23. The lowest BCUT2D eigenvalue weighted by Gasteiger charge is -2.33. The summed E-state index contributed by atoms with van der Waals surface area (Å²) in [6, 6.07) is 7.00. The van der Waals surface area contributed by atoms with E-state index in [-0.39, 0.29) is 0 Å². The van der Waals surface area contributed by atoms with Gasteiger partial charge in [0.1, 0.15) is 0 Å². The van der Waals surface area contributed by atoms with E-state index in [1.54, 1.807) is 0 Å². The molecule has 2 rings (SSSR count). The van der Waals surface area contributed by atoms with Gasteiger partial charge in [-0.1, -0.05) is 13.0 Å². The van der Waals surface area contributed by atoms with Gasteiger partial charge in [0.15, 0.2) is 0 Å². The van der Waals surface area contributed by atoms with Crippen LogP contribution >= 0.6 is 0 Å². The third-order valence-electron chi connectivity index (χ3n) is 3.49. The predicted octanol–water partition coefficient (Wildman–Crippen LogP) is 2.43. The second-order valence-corrected chi connectivity index (χ2v) is 4.51. The Kier molecular flexibility index (Phi) is 2.96. The molecule has 1 aliphatic rings. The first-order chi connectivity index (χ1) is 7.20. The van der Waals surface area contributed by atoms with E-state index in [0.717, 1.165) is 12.2 Å². The minimum absolute atomic E-state index is 0.680. The number of hydrogen-bond donors (Lipinski definition) is 1. The molecule has 0 aromatic heterocycles. The molecule has 0 aliphatic carbocycles. The fraction of sp³-hybridized carbons (Fsp3) is 0.538. The molecule has 1 unspecified atom stereocenters. The van der Waals surface area contributed by atoms with Crippen molar-refractivity contribution < 1.29 is 0 Å². The van der Waals surface area contributed by atoms with Crippen molar-refractivity contribution in [1.82, 2.24) is 4.90 Å². The number of benzene rings is 1. The number of anilines is 1. The Labute approximate surface area is 92.1 Å². The number of nitrogens with two attached hydrogens (primary N) is 1. The zero-order valence-corrected chi connectivity index (χ0v) is 9.66. The van der Waals surface area contributed by atoms with Crippen LogP contribution in [0.15, 0.2) is 18.2 Å². The summed E-state index contributed by atoms with van der Waals surface area (Å²) >= 11 is 0. The molecule has 0 fully saturated rings. The molecule has 0 saturated heterocycles. The van der Waals surface area contributed by atoms with Crippen LogP contribution in [0.1, 0.15) is 31.4 Å². The molecule has 1 aliphatic heterocycles. The molecule has 1 aromatic carbocycles. The summed E-state index contributed by atoms with van der Waals surface area (Å²) in [7, 11) is 0. The lowest BCUT2D eigenvalue weighted by atomic mass is 9.98. The second-order valence-electron chi connectivity index (χ2n) is 4.51. The number of nitrogen functional groups attached to an aromatic ring is 1. The van der Waals surface area contributed by atoms with Crippen LogP contribution in [-0.2, 0) is 13.0 Å². The summed E-state index contributed by atoms with van der Waals surface area (Å²) in [6.45, 7) is 6.80. The van der Waals surface area contributed by atoms with Gasteiger partial charge in [-0.05, 0) is 43.0 Å².